The minimum absolute atomic E-state index is 0.0260. The predicted octanol–water partition coefficient (Wildman–Crippen LogP) is 13.3. The summed E-state index contributed by atoms with van der Waals surface area (Å²) in [6.07, 6.45) is 49.9. The van der Waals surface area contributed by atoms with Crippen molar-refractivity contribution in [3.05, 3.63) is 48.6 Å². The number of allylic oxidation sites excluding steroid dienone is 8. The monoisotopic (exact) mass is 824 g/mol. The summed E-state index contributed by atoms with van der Waals surface area (Å²) in [7, 11) is 1.36. The van der Waals surface area contributed by atoms with Crippen molar-refractivity contribution in [3.8, 4) is 0 Å². The first-order chi connectivity index (χ1) is 27.6. The molecule has 0 saturated carbocycles. The smallest absolute Gasteiger partial charge is 0.306 e. The van der Waals surface area contributed by atoms with E-state index in [4.69, 9.17) is 18.5 Å². The SMILES string of the molecule is CC/C=C\C/C=C\C/C=C\C/C=C\CCCCCCCCCCCCCCC(=O)OC(COCCCCCCCCCCCC)COP(=O)([O-])OCC[N+](C)(C)C. The Morgan fingerprint density at radius 3 is 1.53 bits per heavy atom. The second-order valence-corrected chi connectivity index (χ2v) is 18.2. The Morgan fingerprint density at radius 1 is 0.561 bits per heavy atom. The average Bonchev–Trinajstić information content (AvgIpc) is 3.16. The molecule has 0 bridgehead atoms. The molecule has 0 saturated heterocycles. The van der Waals surface area contributed by atoms with Crippen LogP contribution in [0.25, 0.3) is 0 Å². The minimum atomic E-state index is -4.52. The molecule has 334 valence electrons. The molecular weight excluding hydrogens is 734 g/mol. The fraction of sp³-hybridized carbons (Fsp3) is 0.812. The summed E-state index contributed by atoms with van der Waals surface area (Å²) >= 11 is 0. The van der Waals surface area contributed by atoms with E-state index in [1.165, 1.54) is 116 Å². The van der Waals surface area contributed by atoms with Gasteiger partial charge >= 0.3 is 5.97 Å². The van der Waals surface area contributed by atoms with Gasteiger partial charge in [-0.05, 0) is 51.4 Å². The van der Waals surface area contributed by atoms with Gasteiger partial charge in [0, 0.05) is 13.0 Å². The predicted molar refractivity (Wildman–Crippen MR) is 240 cm³/mol. The van der Waals surface area contributed by atoms with Crippen molar-refractivity contribution in [1.29, 1.82) is 0 Å². The molecule has 2 atom stereocenters. The summed E-state index contributed by atoms with van der Waals surface area (Å²) < 4.78 is 34.6. The molecule has 0 amide bonds. The molecule has 0 aromatic rings. The maximum absolute atomic E-state index is 12.7. The lowest BCUT2D eigenvalue weighted by Crippen LogP contribution is -2.37. The summed E-state index contributed by atoms with van der Waals surface area (Å²) in [6.45, 7) is 5.30. The number of rotatable bonds is 43. The maximum atomic E-state index is 12.7. The third kappa shape index (κ3) is 45.4. The minimum Gasteiger partial charge on any atom is -0.756 e. The van der Waals surface area contributed by atoms with Gasteiger partial charge in [0.15, 0.2) is 0 Å². The normalized spacial score (nSPS) is 14.1. The summed E-state index contributed by atoms with van der Waals surface area (Å²) in [5.74, 6) is -0.337. The van der Waals surface area contributed by atoms with Gasteiger partial charge in [0.2, 0.25) is 0 Å². The summed E-state index contributed by atoms with van der Waals surface area (Å²) in [5, 5.41) is 0. The molecule has 8 nitrogen and oxygen atoms in total. The molecule has 0 aromatic carbocycles. The molecule has 0 N–H and O–H groups in total. The Bertz CT molecular complexity index is 1050. The van der Waals surface area contributed by atoms with Crippen LogP contribution in [0.5, 0.6) is 0 Å². The van der Waals surface area contributed by atoms with E-state index in [1.807, 2.05) is 21.1 Å². The lowest BCUT2D eigenvalue weighted by Gasteiger charge is -2.28. The maximum Gasteiger partial charge on any atom is 0.306 e. The number of hydrogen-bond donors (Lipinski definition) is 0. The molecular formula is C48H90NO7P. The lowest BCUT2D eigenvalue weighted by atomic mass is 10.0. The summed E-state index contributed by atoms with van der Waals surface area (Å²) in [5.41, 5.74) is 0. The van der Waals surface area contributed by atoms with Gasteiger partial charge in [0.1, 0.15) is 19.3 Å². The first-order valence-corrected chi connectivity index (χ1v) is 24.8. The quantitative estimate of drug-likeness (QED) is 0.0199. The van der Waals surface area contributed by atoms with Gasteiger partial charge in [-0.1, -0.05) is 184 Å². The largest absolute Gasteiger partial charge is 0.756 e. The van der Waals surface area contributed by atoms with Gasteiger partial charge in [-0.15, -0.1) is 0 Å². The average molecular weight is 824 g/mol. The van der Waals surface area contributed by atoms with Crippen LogP contribution in [0, 0.1) is 0 Å². The van der Waals surface area contributed by atoms with Crippen molar-refractivity contribution in [1.82, 2.24) is 0 Å². The molecule has 0 spiro atoms. The van der Waals surface area contributed by atoms with Crippen molar-refractivity contribution in [2.75, 3.05) is 54.1 Å². The highest BCUT2D eigenvalue weighted by Gasteiger charge is 2.20. The third-order valence-electron chi connectivity index (χ3n) is 9.89. The van der Waals surface area contributed by atoms with Crippen LogP contribution in [0.15, 0.2) is 48.6 Å². The van der Waals surface area contributed by atoms with Crippen LogP contribution in [0.1, 0.15) is 194 Å². The second kappa shape index (κ2) is 41.2. The van der Waals surface area contributed by atoms with Crippen molar-refractivity contribution in [2.45, 2.75) is 200 Å². The lowest BCUT2D eigenvalue weighted by molar-refractivity contribution is -0.870. The molecule has 9 heteroatoms. The van der Waals surface area contributed by atoms with E-state index in [-0.39, 0.29) is 25.8 Å². The van der Waals surface area contributed by atoms with Gasteiger partial charge in [-0.25, -0.2) is 0 Å². The Morgan fingerprint density at radius 2 is 1.02 bits per heavy atom. The molecule has 0 heterocycles. The fourth-order valence-electron chi connectivity index (χ4n) is 6.30. The van der Waals surface area contributed by atoms with E-state index in [0.717, 1.165) is 57.8 Å². The first-order valence-electron chi connectivity index (χ1n) is 23.4. The van der Waals surface area contributed by atoms with Crippen LogP contribution >= 0.6 is 7.82 Å². The molecule has 2 unspecified atom stereocenters. The second-order valence-electron chi connectivity index (χ2n) is 16.7. The van der Waals surface area contributed by atoms with E-state index in [0.29, 0.717) is 24.1 Å². The molecule has 0 aliphatic rings. The number of unbranched alkanes of at least 4 members (excludes halogenated alkanes) is 21. The van der Waals surface area contributed by atoms with Crippen LogP contribution in [-0.2, 0) is 27.9 Å². The van der Waals surface area contributed by atoms with Crippen LogP contribution in [-0.4, -0.2) is 70.7 Å². The molecule has 0 fully saturated rings. The highest BCUT2D eigenvalue weighted by molar-refractivity contribution is 7.45. The number of esters is 1. The Hall–Kier alpha value is -1.54. The van der Waals surface area contributed by atoms with Crippen LogP contribution in [0.4, 0.5) is 0 Å². The zero-order chi connectivity index (χ0) is 42.0. The third-order valence-corrected chi connectivity index (χ3v) is 10.9. The number of quaternary nitrogens is 1. The first kappa shape index (κ1) is 55.5. The molecule has 0 aliphatic carbocycles. The number of carbonyl (C=O) groups excluding carboxylic acids is 1. The molecule has 0 aromatic heterocycles. The topological polar surface area (TPSA) is 94.1 Å². The van der Waals surface area contributed by atoms with Gasteiger partial charge in [0.25, 0.3) is 7.82 Å². The number of hydrogen-bond acceptors (Lipinski definition) is 7. The number of likely N-dealkylation sites (N-methyl/N-ethyl adjacent to an activating group) is 1. The number of phosphoric ester groups is 1. The van der Waals surface area contributed by atoms with Crippen molar-refractivity contribution >= 4 is 13.8 Å². The summed E-state index contributed by atoms with van der Waals surface area (Å²) in [6, 6.07) is 0. The van der Waals surface area contributed by atoms with E-state index >= 15 is 0 Å². The Labute approximate surface area is 352 Å². The van der Waals surface area contributed by atoms with Crippen LogP contribution in [0.2, 0.25) is 0 Å². The van der Waals surface area contributed by atoms with E-state index < -0.39 is 13.9 Å². The van der Waals surface area contributed by atoms with Gasteiger partial charge in [0.05, 0.1) is 34.4 Å². The van der Waals surface area contributed by atoms with Gasteiger partial charge < -0.3 is 27.9 Å². The Balaban J connectivity index is 4.07. The standard InChI is InChI=1S/C48H90NO7P/c1-6-8-10-12-14-16-18-19-20-21-22-23-24-25-26-27-28-29-30-31-32-33-35-37-39-41-48(50)56-47(46-55-57(51,52)54-44-42-49(3,4)5)45-53-43-40-38-36-34-17-15-13-11-9-7-2/h8,10,14,16,19-20,22-23,47H,6-7,9,11-13,15,17-18,21,24-46H2,1-5H3/b10-8-,16-14-,20-19-,23-22-. The fourth-order valence-corrected chi connectivity index (χ4v) is 7.03. The number of nitrogens with zero attached hydrogens (tertiary/aromatic N) is 1. The number of ether oxygens (including phenoxy) is 2. The van der Waals surface area contributed by atoms with Gasteiger partial charge in [-0.3, -0.25) is 9.36 Å². The van der Waals surface area contributed by atoms with Gasteiger partial charge in [-0.2, -0.15) is 0 Å². The molecule has 0 aliphatic heterocycles. The number of carbonyl (C=O) groups is 1. The molecule has 0 radical (unpaired) electrons. The van der Waals surface area contributed by atoms with Crippen LogP contribution in [0.3, 0.4) is 0 Å². The molecule has 57 heavy (non-hydrogen) atoms. The van der Waals surface area contributed by atoms with Crippen molar-refractivity contribution < 1.29 is 37.3 Å². The van der Waals surface area contributed by atoms with Crippen molar-refractivity contribution in [3.63, 3.8) is 0 Å². The Kier molecular flexibility index (Phi) is 40.1. The zero-order valence-corrected chi connectivity index (χ0v) is 38.7. The zero-order valence-electron chi connectivity index (χ0n) is 37.8. The van der Waals surface area contributed by atoms with Crippen LogP contribution < -0.4 is 4.89 Å². The van der Waals surface area contributed by atoms with E-state index in [2.05, 4.69) is 62.5 Å². The van der Waals surface area contributed by atoms with E-state index in [1.54, 1.807) is 0 Å². The number of phosphoric acid groups is 1. The summed E-state index contributed by atoms with van der Waals surface area (Å²) in [4.78, 5) is 25.1. The van der Waals surface area contributed by atoms with Crippen molar-refractivity contribution in [2.24, 2.45) is 0 Å². The molecule has 0 rings (SSSR count). The highest BCUT2D eigenvalue weighted by Crippen LogP contribution is 2.38. The van der Waals surface area contributed by atoms with E-state index in [9.17, 15) is 14.3 Å². The highest BCUT2D eigenvalue weighted by atomic mass is 31.2.